The third kappa shape index (κ3) is 2.59. The van der Waals surface area contributed by atoms with Gasteiger partial charge in [0.25, 0.3) is 0 Å². The summed E-state index contributed by atoms with van der Waals surface area (Å²) in [5, 5.41) is 14.2. The zero-order valence-corrected chi connectivity index (χ0v) is 12.0. The van der Waals surface area contributed by atoms with Gasteiger partial charge in [0, 0.05) is 12.6 Å². The number of nitrogens with zero attached hydrogens (tertiary/aromatic N) is 3. The number of rotatable bonds is 3. The van der Waals surface area contributed by atoms with E-state index in [0.717, 1.165) is 6.42 Å². The number of halogens is 1. The van der Waals surface area contributed by atoms with E-state index in [1.807, 2.05) is 0 Å². The van der Waals surface area contributed by atoms with Crippen LogP contribution >= 0.6 is 0 Å². The van der Waals surface area contributed by atoms with E-state index < -0.39 is 4.92 Å². The van der Waals surface area contributed by atoms with Gasteiger partial charge in [0.2, 0.25) is 12.1 Å². The molecule has 1 aromatic heterocycles. The van der Waals surface area contributed by atoms with E-state index in [9.17, 15) is 14.5 Å². The Hall–Kier alpha value is -2.64. The summed E-state index contributed by atoms with van der Waals surface area (Å²) in [4.78, 5) is 14.3. The number of aryl methyl sites for hydroxylation is 1. The summed E-state index contributed by atoms with van der Waals surface area (Å²) in [5.74, 6) is 0.287. The van der Waals surface area contributed by atoms with Gasteiger partial charge in [-0.05, 0) is 40.9 Å². The molecule has 1 aliphatic rings. The predicted octanol–water partition coefficient (Wildman–Crippen LogP) is 2.79. The van der Waals surface area contributed by atoms with Crippen molar-refractivity contribution in [3.8, 4) is 5.75 Å². The van der Waals surface area contributed by atoms with Crippen LogP contribution in [0.5, 0.6) is 5.75 Å². The number of ether oxygens (including phenoxy) is 1. The number of nitro groups is 1. The van der Waals surface area contributed by atoms with E-state index in [-0.39, 0.29) is 17.7 Å². The number of nitrogens with one attached hydrogen (secondary N) is 1. The summed E-state index contributed by atoms with van der Waals surface area (Å²) in [7, 11) is 1.67. The summed E-state index contributed by atoms with van der Waals surface area (Å²) in [6.07, 6.45) is 2.82. The number of benzene rings is 1. The first kappa shape index (κ1) is 14.3. The molecule has 7 nitrogen and oxygen atoms in total. The van der Waals surface area contributed by atoms with E-state index in [4.69, 9.17) is 4.74 Å². The monoisotopic (exact) mass is 306 g/mol. The molecule has 0 amide bonds. The molecule has 1 aliphatic heterocycles. The van der Waals surface area contributed by atoms with Gasteiger partial charge in [-0.1, -0.05) is 0 Å². The highest BCUT2D eigenvalue weighted by atomic mass is 19.1. The smallest absolute Gasteiger partial charge is 0.406 e. The van der Waals surface area contributed by atoms with Crippen LogP contribution in [0.2, 0.25) is 0 Å². The highest BCUT2D eigenvalue weighted by Crippen LogP contribution is 2.36. The van der Waals surface area contributed by atoms with Crippen LogP contribution in [0.4, 0.5) is 16.0 Å². The van der Waals surface area contributed by atoms with Crippen LogP contribution < -0.4 is 10.1 Å². The molecule has 0 aliphatic carbocycles. The Labute approximate surface area is 125 Å². The molecule has 0 saturated heterocycles. The second kappa shape index (κ2) is 5.63. The van der Waals surface area contributed by atoms with E-state index in [1.165, 1.54) is 18.5 Å². The summed E-state index contributed by atoms with van der Waals surface area (Å²) in [5.41, 5.74) is 0.660. The van der Waals surface area contributed by atoms with Gasteiger partial charge < -0.3 is 20.2 Å². The first-order chi connectivity index (χ1) is 10.6. The maximum Gasteiger partial charge on any atom is 0.406 e. The summed E-state index contributed by atoms with van der Waals surface area (Å²) in [6.45, 7) is 0.532. The number of fused-ring (bicyclic) bond motifs is 1. The molecule has 2 aromatic rings. The molecule has 1 aromatic carbocycles. The number of anilines is 1. The van der Waals surface area contributed by atoms with Gasteiger partial charge in [0.15, 0.2) is 0 Å². The first-order valence-corrected chi connectivity index (χ1v) is 6.90. The minimum atomic E-state index is -0.540. The molecule has 3 rings (SSSR count). The fraction of sp³-hybridized carbons (Fsp3) is 0.357. The molecule has 0 bridgehead atoms. The fourth-order valence-electron chi connectivity index (χ4n) is 2.58. The standard InChI is InChI=1S/C14H15FN4O3/c1-18-8-16-13(19(20)21)14(18)17-11-3-2-6-22-12-5-4-9(15)7-10(11)12/h4-5,7-8,11,17H,2-3,6H2,1H3/t11-/m0/s1. The fourth-order valence-corrected chi connectivity index (χ4v) is 2.58. The van der Waals surface area contributed by atoms with Crippen molar-refractivity contribution in [3.63, 3.8) is 0 Å². The van der Waals surface area contributed by atoms with Crippen molar-refractivity contribution in [1.29, 1.82) is 0 Å². The van der Waals surface area contributed by atoms with Crippen LogP contribution in [0.15, 0.2) is 24.5 Å². The largest absolute Gasteiger partial charge is 0.493 e. The van der Waals surface area contributed by atoms with Crippen molar-refractivity contribution in [2.75, 3.05) is 11.9 Å². The molecular weight excluding hydrogens is 291 g/mol. The first-order valence-electron chi connectivity index (χ1n) is 6.90. The molecule has 1 N–H and O–H groups in total. The number of imidazole rings is 1. The summed E-state index contributed by atoms with van der Waals surface area (Å²) < 4.78 is 20.7. The zero-order chi connectivity index (χ0) is 15.7. The number of aromatic nitrogens is 2. The lowest BCUT2D eigenvalue weighted by atomic mass is 10.0. The summed E-state index contributed by atoms with van der Waals surface area (Å²) in [6, 6.07) is 4.05. The lowest BCUT2D eigenvalue weighted by Gasteiger charge is -2.19. The van der Waals surface area contributed by atoms with Gasteiger partial charge in [0.1, 0.15) is 11.6 Å². The quantitative estimate of drug-likeness (QED) is 0.696. The van der Waals surface area contributed by atoms with E-state index in [1.54, 1.807) is 17.7 Å². The van der Waals surface area contributed by atoms with E-state index in [2.05, 4.69) is 10.3 Å². The molecular formula is C14H15FN4O3. The predicted molar refractivity (Wildman–Crippen MR) is 77.4 cm³/mol. The molecule has 1 atom stereocenters. The van der Waals surface area contributed by atoms with Crippen LogP contribution in [0.3, 0.4) is 0 Å². The normalized spacial score (nSPS) is 17.3. The van der Waals surface area contributed by atoms with E-state index >= 15 is 0 Å². The molecule has 0 fully saturated rings. The molecule has 2 heterocycles. The van der Waals surface area contributed by atoms with Crippen molar-refractivity contribution in [3.05, 3.63) is 46.0 Å². The Morgan fingerprint density at radius 1 is 1.55 bits per heavy atom. The Morgan fingerprint density at radius 2 is 2.36 bits per heavy atom. The molecule has 22 heavy (non-hydrogen) atoms. The van der Waals surface area contributed by atoms with Gasteiger partial charge in [-0.2, -0.15) is 0 Å². The molecule has 116 valence electrons. The lowest BCUT2D eigenvalue weighted by Crippen LogP contribution is -2.13. The summed E-state index contributed by atoms with van der Waals surface area (Å²) >= 11 is 0. The van der Waals surface area contributed by atoms with Crippen molar-refractivity contribution in [2.45, 2.75) is 18.9 Å². The van der Waals surface area contributed by atoms with Crippen molar-refractivity contribution in [1.82, 2.24) is 9.55 Å². The van der Waals surface area contributed by atoms with E-state index in [0.29, 0.717) is 30.2 Å². The van der Waals surface area contributed by atoms with Gasteiger partial charge in [-0.15, -0.1) is 0 Å². The molecule has 0 unspecified atom stereocenters. The minimum absolute atomic E-state index is 0.245. The van der Waals surface area contributed by atoms with Crippen molar-refractivity contribution < 1.29 is 14.1 Å². The maximum atomic E-state index is 13.6. The second-order valence-corrected chi connectivity index (χ2v) is 5.15. The maximum absolute atomic E-state index is 13.6. The van der Waals surface area contributed by atoms with Crippen molar-refractivity contribution >= 4 is 11.6 Å². The van der Waals surface area contributed by atoms with Gasteiger partial charge in [0.05, 0.1) is 12.6 Å². The third-order valence-electron chi connectivity index (χ3n) is 3.64. The van der Waals surface area contributed by atoms with Gasteiger partial charge >= 0.3 is 5.82 Å². The Morgan fingerprint density at radius 3 is 3.14 bits per heavy atom. The molecule has 0 spiro atoms. The zero-order valence-electron chi connectivity index (χ0n) is 12.0. The van der Waals surface area contributed by atoms with Crippen LogP contribution in [-0.2, 0) is 7.05 Å². The highest BCUT2D eigenvalue weighted by Gasteiger charge is 2.26. The Bertz CT molecular complexity index is 716. The minimum Gasteiger partial charge on any atom is -0.493 e. The van der Waals surface area contributed by atoms with Crippen LogP contribution in [0, 0.1) is 15.9 Å². The molecule has 0 radical (unpaired) electrons. The average molecular weight is 306 g/mol. The number of hydrogen-bond acceptors (Lipinski definition) is 5. The number of hydrogen-bond donors (Lipinski definition) is 1. The second-order valence-electron chi connectivity index (χ2n) is 5.15. The lowest BCUT2D eigenvalue weighted by molar-refractivity contribution is -0.388. The highest BCUT2D eigenvalue weighted by molar-refractivity contribution is 5.54. The van der Waals surface area contributed by atoms with Crippen LogP contribution in [0.1, 0.15) is 24.4 Å². The topological polar surface area (TPSA) is 82.2 Å². The van der Waals surface area contributed by atoms with Gasteiger partial charge in [-0.25, -0.2) is 4.39 Å². The molecule has 0 saturated carbocycles. The van der Waals surface area contributed by atoms with Crippen LogP contribution in [0.25, 0.3) is 0 Å². The Kier molecular flexibility index (Phi) is 3.66. The average Bonchev–Trinajstić information content (AvgIpc) is 2.73. The van der Waals surface area contributed by atoms with Gasteiger partial charge in [-0.3, -0.25) is 4.57 Å². The SMILES string of the molecule is Cn1cnc([N+](=O)[O-])c1N[C@H]1CCCOc2ccc(F)cc21. The van der Waals surface area contributed by atoms with Crippen molar-refractivity contribution in [2.24, 2.45) is 7.05 Å². The molecule has 8 heteroatoms. The van der Waals surface area contributed by atoms with Crippen LogP contribution in [-0.4, -0.2) is 21.1 Å². The Balaban J connectivity index is 1.98. The third-order valence-corrected chi connectivity index (χ3v) is 3.64.